The Kier molecular flexibility index (Phi) is 4.30. The van der Waals surface area contributed by atoms with Gasteiger partial charge in [0.05, 0.1) is 11.1 Å². The highest BCUT2D eigenvalue weighted by Gasteiger charge is 2.34. The summed E-state index contributed by atoms with van der Waals surface area (Å²) in [7, 11) is 0. The average Bonchev–Trinajstić information content (AvgIpc) is 2.62. The van der Waals surface area contributed by atoms with Crippen molar-refractivity contribution in [2.75, 3.05) is 5.75 Å². The molecule has 126 valence electrons. The molecule has 0 bridgehead atoms. The molecule has 0 radical (unpaired) electrons. The van der Waals surface area contributed by atoms with Crippen LogP contribution < -0.4 is 15.9 Å². The molecule has 2 aliphatic rings. The summed E-state index contributed by atoms with van der Waals surface area (Å²) in [6.07, 6.45) is 1.25. The number of halogens is 1. The van der Waals surface area contributed by atoms with Gasteiger partial charge in [0.1, 0.15) is 5.70 Å². The molecule has 4 rings (SSSR count). The summed E-state index contributed by atoms with van der Waals surface area (Å²) in [5.41, 5.74) is 1.23. The molecule has 0 fully saturated rings. The largest absolute Gasteiger partial charge is 0.298 e. The molecule has 0 saturated carbocycles. The molecule has 1 aromatic heterocycles. The van der Waals surface area contributed by atoms with Crippen LogP contribution in [0.3, 0.4) is 0 Å². The van der Waals surface area contributed by atoms with E-state index in [1.54, 1.807) is 11.2 Å². The summed E-state index contributed by atoms with van der Waals surface area (Å²) in [4.78, 5) is 22.0. The Bertz CT molecular complexity index is 992. The van der Waals surface area contributed by atoms with Crippen LogP contribution in [-0.2, 0) is 4.79 Å². The predicted octanol–water partition coefficient (Wildman–Crippen LogP) is 1.74. The molecule has 25 heavy (non-hydrogen) atoms. The lowest BCUT2D eigenvalue weighted by Gasteiger charge is -2.33. The number of aromatic nitrogens is 1. The topological polar surface area (TPSA) is 70.0 Å². The molecule has 1 amide bonds. The van der Waals surface area contributed by atoms with Crippen LogP contribution in [0.4, 0.5) is 0 Å². The number of carbonyl (C=O) groups is 1. The number of hydrogen-bond acceptors (Lipinski definition) is 6. The number of carbonyl (C=O) groups excluding carboxylic acids is 1. The van der Waals surface area contributed by atoms with Gasteiger partial charge in [-0.2, -0.15) is 0 Å². The van der Waals surface area contributed by atoms with Gasteiger partial charge in [-0.15, -0.1) is 5.10 Å². The second-order valence-electron chi connectivity index (χ2n) is 5.40. The standard InChI is InChI=1S/C17H14BrN5OS/c1-2-25-17-21-16(24)14-11-9-10(18)6-7-12(11)20-15(23(14)22-17)13-5-3-4-8-19-13/h3-9,15H,2H2,1H3,(H,21,22,24)/t15-/m1/s1. The molecule has 0 aliphatic carbocycles. The number of rotatable bonds is 2. The fraction of sp³-hybridized carbons (Fsp3) is 0.176. The van der Waals surface area contributed by atoms with Crippen molar-refractivity contribution in [3.05, 3.63) is 63.3 Å². The summed E-state index contributed by atoms with van der Waals surface area (Å²) >= 11 is 4.95. The zero-order chi connectivity index (χ0) is 17.4. The van der Waals surface area contributed by atoms with Crippen LogP contribution in [0.2, 0.25) is 0 Å². The summed E-state index contributed by atoms with van der Waals surface area (Å²) < 4.78 is 0.885. The lowest BCUT2D eigenvalue weighted by Crippen LogP contribution is -2.50. The van der Waals surface area contributed by atoms with Crippen molar-refractivity contribution in [3.8, 4) is 0 Å². The number of hydrogen-bond donors (Lipinski definition) is 1. The molecule has 6 nitrogen and oxygen atoms in total. The van der Waals surface area contributed by atoms with Crippen molar-refractivity contribution in [1.82, 2.24) is 15.3 Å². The van der Waals surface area contributed by atoms with Crippen molar-refractivity contribution in [2.45, 2.75) is 13.1 Å². The zero-order valence-electron chi connectivity index (χ0n) is 13.3. The first-order chi connectivity index (χ1) is 12.2. The van der Waals surface area contributed by atoms with Crippen molar-refractivity contribution < 1.29 is 4.79 Å². The summed E-state index contributed by atoms with van der Waals surface area (Å²) in [6.45, 7) is 2.02. The minimum absolute atomic E-state index is 0.180. The quantitative estimate of drug-likeness (QED) is 0.810. The fourth-order valence-electron chi connectivity index (χ4n) is 2.77. The lowest BCUT2D eigenvalue weighted by molar-refractivity contribution is -0.116. The third-order valence-electron chi connectivity index (χ3n) is 3.80. The third kappa shape index (κ3) is 2.96. The highest BCUT2D eigenvalue weighted by atomic mass is 79.9. The first-order valence-corrected chi connectivity index (χ1v) is 9.56. The highest BCUT2D eigenvalue weighted by Crippen LogP contribution is 2.29. The molecule has 1 atom stereocenters. The first-order valence-electron chi connectivity index (χ1n) is 7.78. The maximum absolute atomic E-state index is 12.8. The predicted molar refractivity (Wildman–Crippen MR) is 101 cm³/mol. The number of nitrogens with zero attached hydrogens (tertiary/aromatic N) is 4. The van der Waals surface area contributed by atoms with E-state index >= 15 is 0 Å². The number of amides is 1. The van der Waals surface area contributed by atoms with Gasteiger partial charge in [0, 0.05) is 15.9 Å². The maximum atomic E-state index is 12.8. The van der Waals surface area contributed by atoms with Gasteiger partial charge < -0.3 is 0 Å². The van der Waals surface area contributed by atoms with Gasteiger partial charge in [-0.25, -0.2) is 5.01 Å². The molecule has 1 N–H and O–H groups in total. The molecule has 2 aromatic rings. The van der Waals surface area contributed by atoms with E-state index in [0.717, 1.165) is 26.5 Å². The summed E-state index contributed by atoms with van der Waals surface area (Å²) in [5.74, 6) is 0.636. The Morgan fingerprint density at radius 2 is 2.20 bits per heavy atom. The summed E-state index contributed by atoms with van der Waals surface area (Å²) in [5, 5.41) is 11.2. The van der Waals surface area contributed by atoms with Crippen molar-refractivity contribution >= 4 is 44.5 Å². The van der Waals surface area contributed by atoms with Gasteiger partial charge in [0.2, 0.25) is 0 Å². The normalized spacial score (nSPS) is 18.7. The van der Waals surface area contributed by atoms with E-state index in [1.807, 2.05) is 43.3 Å². The van der Waals surface area contributed by atoms with E-state index < -0.39 is 6.17 Å². The molecule has 0 unspecified atom stereocenters. The third-order valence-corrected chi connectivity index (χ3v) is 5.04. The molecule has 1 aromatic carbocycles. The van der Waals surface area contributed by atoms with Crippen molar-refractivity contribution in [2.24, 2.45) is 10.1 Å². The second-order valence-corrected chi connectivity index (χ2v) is 7.57. The molecular weight excluding hydrogens is 402 g/mol. The monoisotopic (exact) mass is 415 g/mol. The zero-order valence-corrected chi connectivity index (χ0v) is 15.7. The van der Waals surface area contributed by atoms with Gasteiger partial charge in [-0.1, -0.05) is 40.7 Å². The lowest BCUT2D eigenvalue weighted by atomic mass is 10.1. The second kappa shape index (κ2) is 6.61. The number of fused-ring (bicyclic) bond motifs is 2. The number of amidine groups is 1. The number of thioether (sulfide) groups is 1. The molecule has 0 saturated heterocycles. The molecule has 2 aliphatic heterocycles. The fourth-order valence-corrected chi connectivity index (χ4v) is 3.72. The molecule has 8 heteroatoms. The van der Waals surface area contributed by atoms with Gasteiger partial charge in [0.15, 0.2) is 11.3 Å². The number of pyridine rings is 1. The van der Waals surface area contributed by atoms with Crippen LogP contribution in [0.5, 0.6) is 0 Å². The van der Waals surface area contributed by atoms with E-state index in [2.05, 4.69) is 31.3 Å². The van der Waals surface area contributed by atoms with E-state index in [9.17, 15) is 4.79 Å². The average molecular weight is 416 g/mol. The van der Waals surface area contributed by atoms with Crippen LogP contribution in [0.1, 0.15) is 18.8 Å². The molecular formula is C17H14BrN5OS. The Hall–Kier alpha value is -2.19. The minimum Gasteiger partial charge on any atom is -0.298 e. The van der Waals surface area contributed by atoms with Gasteiger partial charge in [0.25, 0.3) is 5.91 Å². The number of hydrazone groups is 1. The van der Waals surface area contributed by atoms with Gasteiger partial charge in [-0.3, -0.25) is 20.1 Å². The van der Waals surface area contributed by atoms with E-state index in [1.165, 1.54) is 11.8 Å². The highest BCUT2D eigenvalue weighted by molar-refractivity contribution is 9.10. The van der Waals surface area contributed by atoms with Crippen molar-refractivity contribution in [1.29, 1.82) is 0 Å². The number of benzene rings is 1. The van der Waals surface area contributed by atoms with Crippen molar-refractivity contribution in [3.63, 3.8) is 0 Å². The molecule has 3 heterocycles. The van der Waals surface area contributed by atoms with Crippen LogP contribution >= 0.6 is 27.7 Å². The smallest absolute Gasteiger partial charge is 0.276 e. The van der Waals surface area contributed by atoms with Crippen LogP contribution in [0, 0.1) is 0 Å². The summed E-state index contributed by atoms with van der Waals surface area (Å²) in [6, 6.07) is 11.4. The van der Waals surface area contributed by atoms with Crippen LogP contribution in [0.15, 0.2) is 57.2 Å². The minimum atomic E-state index is -0.469. The van der Waals surface area contributed by atoms with Crippen LogP contribution in [-0.4, -0.2) is 26.8 Å². The number of nitrogens with one attached hydrogen (secondary N) is 1. The first kappa shape index (κ1) is 16.3. The van der Waals surface area contributed by atoms with E-state index in [4.69, 9.17) is 4.99 Å². The van der Waals surface area contributed by atoms with E-state index in [-0.39, 0.29) is 5.91 Å². The van der Waals surface area contributed by atoms with Crippen LogP contribution in [0.25, 0.3) is 5.70 Å². The van der Waals surface area contributed by atoms with Gasteiger partial charge >= 0.3 is 0 Å². The molecule has 0 spiro atoms. The Labute approximate surface area is 156 Å². The Balaban J connectivity index is 1.98. The SMILES string of the molecule is CCSC1=NN2C(=c3cc(Br)ccc3=N[C@H]2c2ccccn2)C(=O)N1. The Morgan fingerprint density at radius 1 is 1.32 bits per heavy atom. The van der Waals surface area contributed by atoms with Gasteiger partial charge in [-0.05, 0) is 36.1 Å². The Morgan fingerprint density at radius 3 is 2.96 bits per heavy atom. The van der Waals surface area contributed by atoms with E-state index in [0.29, 0.717) is 10.9 Å². The maximum Gasteiger partial charge on any atom is 0.276 e.